The molecule has 0 heterocycles. The van der Waals surface area contributed by atoms with E-state index in [0.717, 1.165) is 24.0 Å². The molecule has 0 radical (unpaired) electrons. The van der Waals surface area contributed by atoms with Gasteiger partial charge in [-0.25, -0.2) is 0 Å². The Balaban J connectivity index is 2.53. The quantitative estimate of drug-likeness (QED) is 0.743. The van der Waals surface area contributed by atoms with Crippen molar-refractivity contribution in [2.24, 2.45) is 0 Å². The van der Waals surface area contributed by atoms with Crippen LogP contribution in [0.25, 0.3) is 0 Å². The standard InChI is InChI=1S/C16H17ClO/c1-2-13-16(18-17,14-9-5-3-6-10-14)15-11-7-4-8-12-15/h3-12H,2,13H2,1H3. The van der Waals surface area contributed by atoms with E-state index in [1.54, 1.807) is 0 Å². The highest BCUT2D eigenvalue weighted by Gasteiger charge is 2.34. The largest absolute Gasteiger partial charge is 0.263 e. The average Bonchev–Trinajstić information content (AvgIpc) is 2.47. The summed E-state index contributed by atoms with van der Waals surface area (Å²) in [5.41, 5.74) is 1.62. The third-order valence-electron chi connectivity index (χ3n) is 3.21. The molecule has 0 aliphatic carbocycles. The lowest BCUT2D eigenvalue weighted by molar-refractivity contribution is 0.114. The third-order valence-corrected chi connectivity index (χ3v) is 3.48. The molecule has 1 nitrogen and oxygen atoms in total. The molecule has 0 fully saturated rings. The third kappa shape index (κ3) is 2.43. The minimum atomic E-state index is -0.557. The van der Waals surface area contributed by atoms with Gasteiger partial charge in [0.05, 0.1) is 11.9 Å². The van der Waals surface area contributed by atoms with E-state index in [1.807, 2.05) is 36.4 Å². The fourth-order valence-electron chi connectivity index (χ4n) is 2.35. The van der Waals surface area contributed by atoms with Gasteiger partial charge in [0.2, 0.25) is 0 Å². The van der Waals surface area contributed by atoms with Gasteiger partial charge in [-0.15, -0.1) is 0 Å². The van der Waals surface area contributed by atoms with Crippen molar-refractivity contribution in [3.05, 3.63) is 71.8 Å². The minimum Gasteiger partial charge on any atom is -0.263 e. The van der Waals surface area contributed by atoms with Gasteiger partial charge in [0.1, 0.15) is 5.60 Å². The van der Waals surface area contributed by atoms with Crippen LogP contribution in [0.3, 0.4) is 0 Å². The Bertz CT molecular complexity index is 427. The SMILES string of the molecule is CCCC(OCl)(c1ccccc1)c1ccccc1. The van der Waals surface area contributed by atoms with Gasteiger partial charge in [-0.1, -0.05) is 74.0 Å². The number of hydrogen-bond donors (Lipinski definition) is 0. The summed E-state index contributed by atoms with van der Waals surface area (Å²) in [5, 5.41) is 0. The number of benzene rings is 2. The molecule has 0 unspecified atom stereocenters. The Morgan fingerprint density at radius 1 is 0.889 bits per heavy atom. The summed E-state index contributed by atoms with van der Waals surface area (Å²) in [5.74, 6) is 0. The van der Waals surface area contributed by atoms with Gasteiger partial charge in [-0.3, -0.25) is 4.29 Å². The lowest BCUT2D eigenvalue weighted by atomic mass is 9.83. The molecule has 18 heavy (non-hydrogen) atoms. The van der Waals surface area contributed by atoms with Crippen molar-refractivity contribution in [2.75, 3.05) is 0 Å². The van der Waals surface area contributed by atoms with Gasteiger partial charge in [0, 0.05) is 0 Å². The van der Waals surface area contributed by atoms with E-state index in [0.29, 0.717) is 0 Å². The minimum absolute atomic E-state index is 0.557. The van der Waals surface area contributed by atoms with Crippen molar-refractivity contribution in [3.8, 4) is 0 Å². The zero-order chi connectivity index (χ0) is 12.8. The molecule has 0 spiro atoms. The second-order valence-corrected chi connectivity index (χ2v) is 4.54. The monoisotopic (exact) mass is 260 g/mol. The molecule has 0 aliphatic heterocycles. The highest BCUT2D eigenvalue weighted by atomic mass is 35.5. The highest BCUT2D eigenvalue weighted by Crippen LogP contribution is 2.38. The van der Waals surface area contributed by atoms with Crippen LogP contribution in [0.4, 0.5) is 0 Å². The Morgan fingerprint density at radius 3 is 1.67 bits per heavy atom. The zero-order valence-electron chi connectivity index (χ0n) is 10.5. The highest BCUT2D eigenvalue weighted by molar-refractivity contribution is 6.07. The van der Waals surface area contributed by atoms with E-state index in [1.165, 1.54) is 0 Å². The molecule has 0 bridgehead atoms. The van der Waals surface area contributed by atoms with Crippen LogP contribution < -0.4 is 0 Å². The Morgan fingerprint density at radius 2 is 1.33 bits per heavy atom. The summed E-state index contributed by atoms with van der Waals surface area (Å²) >= 11 is 5.87. The molecular formula is C16H17ClO. The van der Waals surface area contributed by atoms with Gasteiger partial charge in [0.15, 0.2) is 0 Å². The number of rotatable bonds is 5. The molecule has 2 aromatic carbocycles. The van der Waals surface area contributed by atoms with Crippen LogP contribution in [0.15, 0.2) is 60.7 Å². The van der Waals surface area contributed by atoms with Crippen molar-refractivity contribution < 1.29 is 4.29 Å². The summed E-state index contributed by atoms with van der Waals surface area (Å²) in [6.07, 6.45) is 1.85. The molecule has 94 valence electrons. The lowest BCUT2D eigenvalue weighted by Crippen LogP contribution is -2.28. The summed E-state index contributed by atoms with van der Waals surface area (Å²) in [6, 6.07) is 20.3. The van der Waals surface area contributed by atoms with Gasteiger partial charge in [-0.2, -0.15) is 0 Å². The van der Waals surface area contributed by atoms with Gasteiger partial charge in [-0.05, 0) is 17.5 Å². The Hall–Kier alpha value is -1.31. The van der Waals surface area contributed by atoms with E-state index in [4.69, 9.17) is 16.2 Å². The molecule has 2 heteroatoms. The Kier molecular flexibility index (Phi) is 4.40. The fourth-order valence-corrected chi connectivity index (χ4v) is 2.61. The summed E-state index contributed by atoms with van der Waals surface area (Å²) in [7, 11) is 0. The second-order valence-electron chi connectivity index (χ2n) is 4.39. The van der Waals surface area contributed by atoms with Crippen LogP contribution in [0.1, 0.15) is 30.9 Å². The van der Waals surface area contributed by atoms with Crippen LogP contribution in [-0.2, 0) is 9.89 Å². The summed E-state index contributed by atoms with van der Waals surface area (Å²) < 4.78 is 5.42. The second kappa shape index (κ2) is 6.03. The molecule has 0 N–H and O–H groups in total. The van der Waals surface area contributed by atoms with Crippen LogP contribution in [0.5, 0.6) is 0 Å². The van der Waals surface area contributed by atoms with Crippen LogP contribution >= 0.6 is 11.9 Å². The maximum Gasteiger partial charge on any atom is 0.140 e. The maximum atomic E-state index is 5.87. The predicted molar refractivity (Wildman–Crippen MR) is 75.5 cm³/mol. The fraction of sp³-hybridized carbons (Fsp3) is 0.250. The van der Waals surface area contributed by atoms with Crippen LogP contribution in [0.2, 0.25) is 0 Å². The molecule has 0 aromatic heterocycles. The van der Waals surface area contributed by atoms with E-state index in [9.17, 15) is 0 Å². The lowest BCUT2D eigenvalue weighted by Gasteiger charge is -2.31. The summed E-state index contributed by atoms with van der Waals surface area (Å²) in [6.45, 7) is 2.14. The average molecular weight is 261 g/mol. The van der Waals surface area contributed by atoms with Crippen molar-refractivity contribution in [1.29, 1.82) is 0 Å². The first kappa shape index (κ1) is 13.1. The van der Waals surface area contributed by atoms with E-state index in [2.05, 4.69) is 31.2 Å². The number of hydrogen-bond acceptors (Lipinski definition) is 1. The topological polar surface area (TPSA) is 9.23 Å². The molecule has 0 saturated carbocycles. The predicted octanol–water partition coefficient (Wildman–Crippen LogP) is 4.90. The normalized spacial score (nSPS) is 11.4. The van der Waals surface area contributed by atoms with Gasteiger partial charge in [0.25, 0.3) is 0 Å². The molecule has 0 amide bonds. The van der Waals surface area contributed by atoms with Crippen molar-refractivity contribution in [3.63, 3.8) is 0 Å². The first-order chi connectivity index (χ1) is 8.83. The summed E-state index contributed by atoms with van der Waals surface area (Å²) in [4.78, 5) is 0. The first-order valence-electron chi connectivity index (χ1n) is 6.24. The van der Waals surface area contributed by atoms with Crippen molar-refractivity contribution in [2.45, 2.75) is 25.4 Å². The van der Waals surface area contributed by atoms with E-state index >= 15 is 0 Å². The molecule has 0 atom stereocenters. The molecule has 2 rings (SSSR count). The number of halogens is 1. The zero-order valence-corrected chi connectivity index (χ0v) is 11.2. The van der Waals surface area contributed by atoms with Gasteiger partial charge >= 0.3 is 0 Å². The van der Waals surface area contributed by atoms with E-state index in [-0.39, 0.29) is 0 Å². The van der Waals surface area contributed by atoms with E-state index < -0.39 is 5.60 Å². The van der Waals surface area contributed by atoms with Crippen molar-refractivity contribution >= 4 is 11.9 Å². The molecule has 0 aliphatic rings. The van der Waals surface area contributed by atoms with Crippen LogP contribution in [0, 0.1) is 0 Å². The molecular weight excluding hydrogens is 244 g/mol. The smallest absolute Gasteiger partial charge is 0.140 e. The molecule has 2 aromatic rings. The maximum absolute atomic E-state index is 5.87. The first-order valence-corrected chi connectivity index (χ1v) is 6.55. The van der Waals surface area contributed by atoms with Gasteiger partial charge < -0.3 is 0 Å². The van der Waals surface area contributed by atoms with Crippen LogP contribution in [-0.4, -0.2) is 0 Å². The molecule has 0 saturated heterocycles. The Labute approximate surface area is 114 Å². The van der Waals surface area contributed by atoms with Crippen molar-refractivity contribution in [1.82, 2.24) is 0 Å².